The summed E-state index contributed by atoms with van der Waals surface area (Å²) in [6.07, 6.45) is 4.87. The van der Waals surface area contributed by atoms with Gasteiger partial charge in [0.1, 0.15) is 18.2 Å². The molecule has 2 aromatic carbocycles. The van der Waals surface area contributed by atoms with Gasteiger partial charge in [0.05, 0.1) is 28.7 Å². The molecule has 2 aliphatic rings. The smallest absolute Gasteiger partial charge is 0.254 e. The molecule has 6 rings (SSSR count). The molecule has 8 nitrogen and oxygen atoms in total. The van der Waals surface area contributed by atoms with Crippen LogP contribution in [-0.2, 0) is 7.05 Å². The van der Waals surface area contributed by atoms with Gasteiger partial charge in [-0.25, -0.2) is 4.98 Å². The molecule has 2 aromatic heterocycles. The fourth-order valence-corrected chi connectivity index (χ4v) is 5.06. The first kappa shape index (κ1) is 23.1. The third-order valence-electron chi connectivity index (χ3n) is 7.29. The quantitative estimate of drug-likeness (QED) is 0.431. The molecule has 37 heavy (non-hydrogen) atoms. The minimum absolute atomic E-state index is 0.0893. The predicted molar refractivity (Wildman–Crippen MR) is 144 cm³/mol. The first-order valence-electron chi connectivity index (χ1n) is 12.3. The molecule has 0 aliphatic carbocycles. The van der Waals surface area contributed by atoms with Crippen molar-refractivity contribution in [3.8, 4) is 17.6 Å². The number of fused-ring (bicyclic) bond motifs is 4. The second-order valence-electron chi connectivity index (χ2n) is 9.75. The van der Waals surface area contributed by atoms with E-state index in [4.69, 9.17) is 10.5 Å². The van der Waals surface area contributed by atoms with Gasteiger partial charge in [0.15, 0.2) is 0 Å². The summed E-state index contributed by atoms with van der Waals surface area (Å²) in [5, 5.41) is 5.94. The van der Waals surface area contributed by atoms with Crippen molar-refractivity contribution in [2.45, 2.75) is 12.5 Å². The number of amides is 1. The Morgan fingerprint density at radius 1 is 1.16 bits per heavy atom. The molecular formula is C29H28N6O2. The molecule has 1 unspecified atom stereocenters. The fourth-order valence-electron chi connectivity index (χ4n) is 5.06. The largest absolute Gasteiger partial charge is 0.491 e. The number of hydrogen-bond acceptors (Lipinski definition) is 6. The van der Waals surface area contributed by atoms with E-state index in [0.29, 0.717) is 18.0 Å². The highest BCUT2D eigenvalue weighted by Crippen LogP contribution is 2.37. The Morgan fingerprint density at radius 2 is 2.03 bits per heavy atom. The molecule has 0 saturated carbocycles. The maximum atomic E-state index is 13.5. The average Bonchev–Trinajstić information content (AvgIpc) is 3.51. The SMILES string of the molecule is CN1CC=C(C#Cc2ccc3c(c2)OCC3N(C)C(=O)c2ccc3nc(N)c4cnn(C)c4c3c2)CC1. The van der Waals surface area contributed by atoms with Gasteiger partial charge in [-0.15, -0.1) is 0 Å². The first-order valence-corrected chi connectivity index (χ1v) is 12.3. The monoisotopic (exact) mass is 492 g/mol. The number of nitrogen functional groups attached to an aromatic ring is 1. The number of nitrogens with zero attached hydrogens (tertiary/aromatic N) is 5. The summed E-state index contributed by atoms with van der Waals surface area (Å²) in [6.45, 7) is 2.38. The second-order valence-corrected chi connectivity index (χ2v) is 9.75. The number of ether oxygens (including phenoxy) is 1. The van der Waals surface area contributed by atoms with Crippen molar-refractivity contribution in [3.63, 3.8) is 0 Å². The molecular weight excluding hydrogens is 464 g/mol. The number of pyridine rings is 1. The molecule has 0 radical (unpaired) electrons. The fraction of sp³-hybridized carbons (Fsp3) is 0.276. The van der Waals surface area contributed by atoms with Crippen molar-refractivity contribution < 1.29 is 9.53 Å². The van der Waals surface area contributed by atoms with Gasteiger partial charge in [-0.05, 0) is 43.8 Å². The third-order valence-corrected chi connectivity index (χ3v) is 7.29. The summed E-state index contributed by atoms with van der Waals surface area (Å²) < 4.78 is 7.76. The summed E-state index contributed by atoms with van der Waals surface area (Å²) in [7, 11) is 5.79. The van der Waals surface area contributed by atoms with E-state index in [1.54, 1.807) is 21.8 Å². The Bertz CT molecular complexity index is 1660. The molecule has 0 fully saturated rings. The van der Waals surface area contributed by atoms with Crippen LogP contribution in [0.25, 0.3) is 21.8 Å². The zero-order valence-corrected chi connectivity index (χ0v) is 21.2. The number of aromatic nitrogens is 3. The summed E-state index contributed by atoms with van der Waals surface area (Å²) in [6, 6.07) is 11.3. The molecule has 4 heterocycles. The van der Waals surface area contributed by atoms with Crippen LogP contribution in [0.3, 0.4) is 0 Å². The Labute approximate surface area is 215 Å². The standard InChI is InChI=1S/C29H28N6O2/c1-33-12-10-18(11-13-33)4-5-19-6-8-21-25(17-37-26(21)14-19)34(2)29(36)20-7-9-24-22(15-20)27-23(28(30)32-24)16-31-35(27)3/h6-10,14-16,25H,11-13,17H2,1-3H3,(H2,30,32). The normalized spacial score (nSPS) is 17.2. The van der Waals surface area contributed by atoms with Gasteiger partial charge >= 0.3 is 0 Å². The van der Waals surface area contributed by atoms with Crippen LogP contribution in [0.2, 0.25) is 0 Å². The lowest BCUT2D eigenvalue weighted by atomic mass is 10.0. The zero-order valence-electron chi connectivity index (χ0n) is 21.2. The molecule has 0 spiro atoms. The maximum absolute atomic E-state index is 13.5. The van der Waals surface area contributed by atoms with Crippen LogP contribution in [0.4, 0.5) is 5.82 Å². The highest BCUT2D eigenvalue weighted by atomic mass is 16.5. The van der Waals surface area contributed by atoms with Crippen molar-refractivity contribution >= 4 is 33.5 Å². The molecule has 4 aromatic rings. The Kier molecular flexibility index (Phi) is 5.58. The zero-order chi connectivity index (χ0) is 25.7. The first-order chi connectivity index (χ1) is 17.9. The number of likely N-dealkylation sites (N-methyl/N-ethyl adjacent to an activating group) is 2. The number of carbonyl (C=O) groups is 1. The Hall–Kier alpha value is -4.35. The van der Waals surface area contributed by atoms with E-state index in [1.165, 1.54) is 5.57 Å². The lowest BCUT2D eigenvalue weighted by molar-refractivity contribution is 0.0708. The number of carbonyl (C=O) groups excluding carboxylic acids is 1. The minimum Gasteiger partial charge on any atom is -0.491 e. The molecule has 2 aliphatic heterocycles. The highest BCUT2D eigenvalue weighted by Gasteiger charge is 2.31. The van der Waals surface area contributed by atoms with E-state index < -0.39 is 0 Å². The van der Waals surface area contributed by atoms with E-state index in [9.17, 15) is 4.79 Å². The van der Waals surface area contributed by atoms with Gasteiger partial charge in [0.2, 0.25) is 0 Å². The van der Waals surface area contributed by atoms with Gasteiger partial charge in [0.25, 0.3) is 5.91 Å². The molecule has 1 atom stereocenters. The van der Waals surface area contributed by atoms with Crippen LogP contribution in [0.1, 0.15) is 33.9 Å². The molecule has 0 bridgehead atoms. The van der Waals surface area contributed by atoms with Crippen LogP contribution in [0.15, 0.2) is 54.2 Å². The van der Waals surface area contributed by atoms with Gasteiger partial charge < -0.3 is 20.3 Å². The summed E-state index contributed by atoms with van der Waals surface area (Å²) in [5.41, 5.74) is 11.4. The van der Waals surface area contributed by atoms with Crippen LogP contribution in [0.5, 0.6) is 5.75 Å². The van der Waals surface area contributed by atoms with E-state index in [2.05, 4.69) is 39.9 Å². The van der Waals surface area contributed by atoms with Crippen LogP contribution in [-0.4, -0.2) is 64.3 Å². The lowest BCUT2D eigenvalue weighted by Crippen LogP contribution is -2.32. The van der Waals surface area contributed by atoms with Crippen molar-refractivity contribution in [1.29, 1.82) is 0 Å². The number of nitrogens with two attached hydrogens (primary N) is 1. The Morgan fingerprint density at radius 3 is 2.84 bits per heavy atom. The number of anilines is 1. The number of hydrogen-bond donors (Lipinski definition) is 1. The summed E-state index contributed by atoms with van der Waals surface area (Å²) in [4.78, 5) is 22.1. The van der Waals surface area contributed by atoms with Gasteiger partial charge in [-0.3, -0.25) is 9.48 Å². The van der Waals surface area contributed by atoms with Crippen LogP contribution in [0, 0.1) is 11.8 Å². The van der Waals surface area contributed by atoms with Crippen LogP contribution < -0.4 is 10.5 Å². The van der Waals surface area contributed by atoms with Crippen molar-refractivity contribution in [2.24, 2.45) is 7.05 Å². The Balaban J connectivity index is 1.26. The second kappa shape index (κ2) is 8.95. The van der Waals surface area contributed by atoms with E-state index in [-0.39, 0.29) is 11.9 Å². The topological polar surface area (TPSA) is 89.5 Å². The molecule has 8 heteroatoms. The minimum atomic E-state index is -0.182. The molecule has 2 N–H and O–H groups in total. The van der Waals surface area contributed by atoms with Gasteiger partial charge in [-0.1, -0.05) is 24.0 Å². The van der Waals surface area contributed by atoms with Gasteiger partial charge in [-0.2, -0.15) is 5.10 Å². The molecule has 186 valence electrons. The van der Waals surface area contributed by atoms with E-state index in [1.807, 2.05) is 44.4 Å². The third kappa shape index (κ3) is 4.07. The van der Waals surface area contributed by atoms with Crippen molar-refractivity contribution in [3.05, 3.63) is 70.9 Å². The van der Waals surface area contributed by atoms with Crippen LogP contribution >= 0.6 is 0 Å². The summed E-state index contributed by atoms with van der Waals surface area (Å²) >= 11 is 0. The molecule has 1 amide bonds. The van der Waals surface area contributed by atoms with E-state index in [0.717, 1.165) is 58.2 Å². The predicted octanol–water partition coefficient (Wildman–Crippen LogP) is 3.52. The maximum Gasteiger partial charge on any atom is 0.254 e. The summed E-state index contributed by atoms with van der Waals surface area (Å²) in [5.74, 6) is 7.69. The number of benzene rings is 2. The average molecular weight is 493 g/mol. The van der Waals surface area contributed by atoms with Crippen molar-refractivity contribution in [1.82, 2.24) is 24.6 Å². The molecule has 0 saturated heterocycles. The van der Waals surface area contributed by atoms with Crippen molar-refractivity contribution in [2.75, 3.05) is 39.5 Å². The van der Waals surface area contributed by atoms with E-state index >= 15 is 0 Å². The van der Waals surface area contributed by atoms with Gasteiger partial charge in [0, 0.05) is 54.8 Å². The number of aryl methyl sites for hydroxylation is 1. The number of rotatable bonds is 2. The highest BCUT2D eigenvalue weighted by molar-refractivity contribution is 6.10. The lowest BCUT2D eigenvalue weighted by Gasteiger charge is -2.24.